The summed E-state index contributed by atoms with van der Waals surface area (Å²) in [6, 6.07) is 2.54. The van der Waals surface area contributed by atoms with Gasteiger partial charge in [0.1, 0.15) is 0 Å². The number of carbonyl (C=O) groups excluding carboxylic acids is 1. The van der Waals surface area contributed by atoms with Crippen molar-refractivity contribution in [3.63, 3.8) is 0 Å². The number of rotatable bonds is 3. The van der Waals surface area contributed by atoms with E-state index >= 15 is 0 Å². The van der Waals surface area contributed by atoms with Gasteiger partial charge < -0.3 is 10.6 Å². The minimum atomic E-state index is 0.173. The summed E-state index contributed by atoms with van der Waals surface area (Å²) in [4.78, 5) is 12.3. The van der Waals surface area contributed by atoms with E-state index in [4.69, 9.17) is 0 Å². The lowest BCUT2D eigenvalue weighted by atomic mass is 10.1. The molecule has 1 fully saturated rings. The minimum absolute atomic E-state index is 0.173. The summed E-state index contributed by atoms with van der Waals surface area (Å²) in [5.41, 5.74) is 0. The van der Waals surface area contributed by atoms with Crippen LogP contribution in [0, 0.1) is 0 Å². The Morgan fingerprint density at radius 1 is 1.67 bits per heavy atom. The third-order valence-electron chi connectivity index (χ3n) is 2.45. The van der Waals surface area contributed by atoms with Gasteiger partial charge >= 0.3 is 0 Å². The van der Waals surface area contributed by atoms with Gasteiger partial charge in [0.25, 0.3) is 0 Å². The van der Waals surface area contributed by atoms with Crippen LogP contribution in [0.4, 0.5) is 0 Å². The zero-order chi connectivity index (χ0) is 10.7. The number of thiophene rings is 1. The average Bonchev–Trinajstić information content (AvgIpc) is 2.64. The molecule has 3 nitrogen and oxygen atoms in total. The van der Waals surface area contributed by atoms with Crippen LogP contribution in [0.5, 0.6) is 0 Å². The largest absolute Gasteiger partial charge is 0.355 e. The fraction of sp³-hybridized carbons (Fsp3) is 0.500. The van der Waals surface area contributed by atoms with E-state index in [1.54, 1.807) is 11.3 Å². The smallest absolute Gasteiger partial charge is 0.220 e. The maximum atomic E-state index is 10.9. The fourth-order valence-corrected chi connectivity index (χ4v) is 3.00. The third-order valence-corrected chi connectivity index (χ3v) is 4.15. The lowest BCUT2D eigenvalue weighted by Gasteiger charge is -2.23. The maximum absolute atomic E-state index is 10.9. The fourth-order valence-electron chi connectivity index (χ4n) is 1.60. The Morgan fingerprint density at radius 2 is 2.53 bits per heavy atom. The highest BCUT2D eigenvalue weighted by Crippen LogP contribution is 2.19. The molecule has 0 aliphatic carbocycles. The normalized spacial score (nSPS) is 21.4. The van der Waals surface area contributed by atoms with Crippen molar-refractivity contribution in [2.75, 3.05) is 6.54 Å². The van der Waals surface area contributed by atoms with Gasteiger partial charge in [0, 0.05) is 40.3 Å². The topological polar surface area (TPSA) is 41.1 Å². The summed E-state index contributed by atoms with van der Waals surface area (Å²) in [7, 11) is 0. The standard InChI is InChI=1S/C10H13BrN2OS/c11-7-3-9(15-6-7)5-12-8-1-2-10(14)13-4-8/h3,6,8,12H,1-2,4-5H2,(H,13,14). The lowest BCUT2D eigenvalue weighted by molar-refractivity contribution is -0.122. The monoisotopic (exact) mass is 288 g/mol. The summed E-state index contributed by atoms with van der Waals surface area (Å²) in [5, 5.41) is 8.40. The summed E-state index contributed by atoms with van der Waals surface area (Å²) in [6.45, 7) is 1.64. The molecule has 2 heterocycles. The Kier molecular flexibility index (Phi) is 3.77. The second-order valence-corrected chi connectivity index (χ2v) is 5.56. The van der Waals surface area contributed by atoms with Crippen molar-refractivity contribution in [2.45, 2.75) is 25.4 Å². The van der Waals surface area contributed by atoms with Crippen LogP contribution in [0.2, 0.25) is 0 Å². The van der Waals surface area contributed by atoms with Crippen LogP contribution in [-0.2, 0) is 11.3 Å². The summed E-state index contributed by atoms with van der Waals surface area (Å²) in [5.74, 6) is 0.173. The lowest BCUT2D eigenvalue weighted by Crippen LogP contribution is -2.45. The van der Waals surface area contributed by atoms with E-state index in [0.29, 0.717) is 12.5 Å². The molecule has 1 aromatic rings. The van der Waals surface area contributed by atoms with Gasteiger partial charge in [-0.2, -0.15) is 0 Å². The minimum Gasteiger partial charge on any atom is -0.355 e. The average molecular weight is 289 g/mol. The second-order valence-electron chi connectivity index (χ2n) is 3.65. The third kappa shape index (κ3) is 3.29. The molecule has 1 unspecified atom stereocenters. The molecule has 1 amide bonds. The first-order valence-corrected chi connectivity index (χ1v) is 6.64. The van der Waals surface area contributed by atoms with E-state index in [9.17, 15) is 4.79 Å². The highest BCUT2D eigenvalue weighted by atomic mass is 79.9. The van der Waals surface area contributed by atoms with Crippen molar-refractivity contribution < 1.29 is 4.79 Å². The summed E-state index contributed by atoms with van der Waals surface area (Å²) < 4.78 is 1.14. The van der Waals surface area contributed by atoms with E-state index in [2.05, 4.69) is 38.0 Å². The molecule has 5 heteroatoms. The Labute approximate surface area is 101 Å². The van der Waals surface area contributed by atoms with E-state index < -0.39 is 0 Å². The van der Waals surface area contributed by atoms with Crippen LogP contribution in [-0.4, -0.2) is 18.5 Å². The highest BCUT2D eigenvalue weighted by Gasteiger charge is 2.17. The van der Waals surface area contributed by atoms with Crippen molar-refractivity contribution in [3.05, 3.63) is 20.8 Å². The van der Waals surface area contributed by atoms with Crippen LogP contribution in [0.3, 0.4) is 0 Å². The van der Waals surface area contributed by atoms with Crippen molar-refractivity contribution in [1.29, 1.82) is 0 Å². The molecule has 0 bridgehead atoms. The number of carbonyl (C=O) groups is 1. The Morgan fingerprint density at radius 3 is 3.13 bits per heavy atom. The Bertz CT molecular complexity index is 343. The van der Waals surface area contributed by atoms with Gasteiger partial charge in [0.2, 0.25) is 5.91 Å². The van der Waals surface area contributed by atoms with Crippen molar-refractivity contribution in [2.24, 2.45) is 0 Å². The number of piperidine rings is 1. The van der Waals surface area contributed by atoms with Gasteiger partial charge in [-0.1, -0.05) is 0 Å². The summed E-state index contributed by atoms with van der Waals surface area (Å²) in [6.07, 6.45) is 1.59. The Balaban J connectivity index is 1.76. The number of nitrogens with one attached hydrogen (secondary N) is 2. The van der Waals surface area contributed by atoms with Crippen LogP contribution in [0.15, 0.2) is 15.9 Å². The molecule has 2 N–H and O–H groups in total. The van der Waals surface area contributed by atoms with E-state index in [1.165, 1.54) is 4.88 Å². The van der Waals surface area contributed by atoms with E-state index in [-0.39, 0.29) is 5.91 Å². The van der Waals surface area contributed by atoms with Crippen LogP contribution >= 0.6 is 27.3 Å². The van der Waals surface area contributed by atoms with Gasteiger partial charge in [-0.05, 0) is 28.4 Å². The van der Waals surface area contributed by atoms with E-state index in [0.717, 1.165) is 24.0 Å². The van der Waals surface area contributed by atoms with Crippen molar-refractivity contribution in [3.8, 4) is 0 Å². The van der Waals surface area contributed by atoms with Gasteiger partial charge in [0.15, 0.2) is 0 Å². The molecule has 1 aliphatic heterocycles. The highest BCUT2D eigenvalue weighted by molar-refractivity contribution is 9.10. The molecule has 82 valence electrons. The number of amides is 1. The molecular formula is C10H13BrN2OS. The molecule has 0 spiro atoms. The second kappa shape index (κ2) is 5.09. The summed E-state index contributed by atoms with van der Waals surface area (Å²) >= 11 is 5.17. The van der Waals surface area contributed by atoms with Gasteiger partial charge in [-0.15, -0.1) is 11.3 Å². The molecule has 1 aliphatic rings. The SMILES string of the molecule is O=C1CCC(NCc2cc(Br)cs2)CN1. The number of hydrogen-bond acceptors (Lipinski definition) is 3. The van der Waals surface area contributed by atoms with Crippen molar-refractivity contribution >= 4 is 33.2 Å². The number of halogens is 1. The van der Waals surface area contributed by atoms with Gasteiger partial charge in [0.05, 0.1) is 0 Å². The van der Waals surface area contributed by atoms with Crippen LogP contribution < -0.4 is 10.6 Å². The molecule has 2 rings (SSSR count). The molecule has 0 radical (unpaired) electrons. The van der Waals surface area contributed by atoms with Crippen LogP contribution in [0.25, 0.3) is 0 Å². The maximum Gasteiger partial charge on any atom is 0.220 e. The van der Waals surface area contributed by atoms with Gasteiger partial charge in [-0.25, -0.2) is 0 Å². The molecule has 1 aromatic heterocycles. The first-order valence-electron chi connectivity index (χ1n) is 4.97. The molecule has 0 saturated carbocycles. The molecule has 0 aromatic carbocycles. The quantitative estimate of drug-likeness (QED) is 0.892. The van der Waals surface area contributed by atoms with Gasteiger partial charge in [-0.3, -0.25) is 4.79 Å². The van der Waals surface area contributed by atoms with Crippen LogP contribution in [0.1, 0.15) is 17.7 Å². The zero-order valence-corrected chi connectivity index (χ0v) is 10.7. The zero-order valence-electron chi connectivity index (χ0n) is 8.25. The molecule has 1 saturated heterocycles. The number of hydrogen-bond donors (Lipinski definition) is 2. The first kappa shape index (κ1) is 11.1. The predicted octanol–water partition coefficient (Wildman–Crippen LogP) is 1.88. The molecular weight excluding hydrogens is 276 g/mol. The first-order chi connectivity index (χ1) is 7.24. The van der Waals surface area contributed by atoms with E-state index in [1.807, 2.05) is 0 Å². The van der Waals surface area contributed by atoms with Crippen molar-refractivity contribution in [1.82, 2.24) is 10.6 Å². The molecule has 1 atom stereocenters. The predicted molar refractivity (Wildman–Crippen MR) is 64.9 cm³/mol. The molecule has 15 heavy (non-hydrogen) atoms. The Hall–Kier alpha value is -0.390.